The Labute approximate surface area is 292 Å². The number of aromatic hydroxyl groups is 1. The Morgan fingerprint density at radius 2 is 1.71 bits per heavy atom. The van der Waals surface area contributed by atoms with Crippen molar-refractivity contribution < 1.29 is 37.5 Å². The normalized spacial score (nSPS) is 18.9. The van der Waals surface area contributed by atoms with Gasteiger partial charge in [0.25, 0.3) is 11.9 Å². The van der Waals surface area contributed by atoms with E-state index < -0.39 is 53.1 Å². The van der Waals surface area contributed by atoms with E-state index in [1.54, 1.807) is 35.2 Å². The number of ether oxygens (including phenoxy) is 1. The fourth-order valence-electron chi connectivity index (χ4n) is 5.22. The van der Waals surface area contributed by atoms with Crippen molar-refractivity contribution in [1.29, 1.82) is 0 Å². The van der Waals surface area contributed by atoms with Gasteiger partial charge in [-0.3, -0.25) is 13.5 Å². The summed E-state index contributed by atoms with van der Waals surface area (Å²) in [5.74, 6) is -1.60. The van der Waals surface area contributed by atoms with Gasteiger partial charge in [0.2, 0.25) is 0 Å². The molecule has 0 bridgehead atoms. The number of fused-ring (bicyclic) bond motifs is 1. The van der Waals surface area contributed by atoms with E-state index in [9.17, 15) is 28.5 Å². The topological polar surface area (TPSA) is 272 Å². The second kappa shape index (κ2) is 15.7. The van der Waals surface area contributed by atoms with Crippen LogP contribution in [-0.4, -0.2) is 114 Å². The Morgan fingerprint density at radius 1 is 1.02 bits per heavy atom. The molecule has 0 spiro atoms. The second-order valence-corrected chi connectivity index (χ2v) is 12.6. The van der Waals surface area contributed by atoms with E-state index in [4.69, 9.17) is 20.4 Å². The molecule has 0 unspecified atom stereocenters. The highest BCUT2D eigenvalue weighted by Gasteiger charge is 2.45. The average molecular weight is 726 g/mol. The highest BCUT2D eigenvalue weighted by atomic mass is 32.2. The Balaban J connectivity index is 0.000000654. The van der Waals surface area contributed by atoms with E-state index >= 15 is 0 Å². The number of anilines is 2. The third kappa shape index (κ3) is 8.22. The smallest absolute Gasteiger partial charge is 0.362 e. The summed E-state index contributed by atoms with van der Waals surface area (Å²) in [6.07, 6.45) is -3.07. The van der Waals surface area contributed by atoms with Crippen LogP contribution in [0.15, 0.2) is 61.1 Å². The second-order valence-electron chi connectivity index (χ2n) is 11.2. The molecule has 6 rings (SSSR count). The molecule has 1 aliphatic rings. The Hall–Kier alpha value is -5.25. The number of aliphatic hydroxyl groups excluding tert-OH is 2. The van der Waals surface area contributed by atoms with Gasteiger partial charge in [-0.2, -0.15) is 23.1 Å². The minimum absolute atomic E-state index is 0.00390. The van der Waals surface area contributed by atoms with E-state index in [0.717, 1.165) is 0 Å². The van der Waals surface area contributed by atoms with Crippen molar-refractivity contribution in [3.63, 3.8) is 0 Å². The zero-order chi connectivity index (χ0) is 36.9. The number of carbonyl (C=O) groups excluding carboxylic acids is 1. The van der Waals surface area contributed by atoms with E-state index in [1.807, 2.05) is 0 Å². The zero-order valence-electron chi connectivity index (χ0n) is 27.9. The number of phenolic OH excluding ortho intramolecular Hbond substituents is 1. The summed E-state index contributed by atoms with van der Waals surface area (Å²) in [5, 5.41) is 39.4. The van der Waals surface area contributed by atoms with Crippen LogP contribution in [0, 0.1) is 0 Å². The van der Waals surface area contributed by atoms with Crippen molar-refractivity contribution in [2.75, 3.05) is 37.7 Å². The van der Waals surface area contributed by atoms with Gasteiger partial charge >= 0.3 is 10.3 Å². The SMILES string of the molecule is CCN(CC)CC.Nc1ccccc1-c1cn(-c2nc(N)c3ncn([C@@H]4O[C@H](COS(=O)(=O)NC(=O)c5ccccc5O)[C@@H](O)[C@H]4O)c3n2)nn1. The molecule has 4 heterocycles. The van der Waals surface area contributed by atoms with E-state index in [2.05, 4.69) is 50.9 Å². The number of nitrogen functional groups attached to an aromatic ring is 2. The third-order valence-corrected chi connectivity index (χ3v) is 8.96. The quantitative estimate of drug-likeness (QED) is 0.102. The lowest BCUT2D eigenvalue weighted by molar-refractivity contribution is -0.0468. The number of phenols is 1. The summed E-state index contributed by atoms with van der Waals surface area (Å²) in [6, 6.07) is 12.4. The van der Waals surface area contributed by atoms with Gasteiger partial charge in [-0.15, -0.1) is 5.10 Å². The number of imidazole rings is 1. The van der Waals surface area contributed by atoms with Gasteiger partial charge < -0.3 is 36.4 Å². The lowest BCUT2D eigenvalue weighted by atomic mass is 10.1. The van der Waals surface area contributed by atoms with Crippen LogP contribution in [-0.2, 0) is 19.2 Å². The van der Waals surface area contributed by atoms with E-state index in [0.29, 0.717) is 16.9 Å². The van der Waals surface area contributed by atoms with Crippen LogP contribution in [0.4, 0.5) is 11.5 Å². The van der Waals surface area contributed by atoms with Crippen LogP contribution in [0.5, 0.6) is 5.75 Å². The molecule has 4 atom stereocenters. The van der Waals surface area contributed by atoms with Crippen LogP contribution in [0.1, 0.15) is 37.4 Å². The molecule has 1 saturated heterocycles. The summed E-state index contributed by atoms with van der Waals surface area (Å²) in [5.41, 5.74) is 13.7. The monoisotopic (exact) mass is 725 g/mol. The molecular formula is C31H39N11O8S. The Kier molecular flexibility index (Phi) is 11.4. The lowest BCUT2D eigenvalue weighted by Crippen LogP contribution is -2.37. The molecule has 1 aliphatic heterocycles. The largest absolute Gasteiger partial charge is 0.507 e. The number of nitrogens with one attached hydrogen (secondary N) is 1. The van der Waals surface area contributed by atoms with Gasteiger partial charge in [0.1, 0.15) is 35.3 Å². The fourth-order valence-corrected chi connectivity index (χ4v) is 5.93. The van der Waals surface area contributed by atoms with Gasteiger partial charge in [0, 0.05) is 11.3 Å². The van der Waals surface area contributed by atoms with Gasteiger partial charge in [-0.25, -0.2) is 9.71 Å². The minimum Gasteiger partial charge on any atom is -0.507 e. The standard InChI is InChI=1S/C25H24N10O8S.C6H15N/c26-14-7-3-1-5-12(14)15-9-35(33-31-15)25-29-21(27)18-22(30-25)34(11-28-18)24-20(38)19(37)17(43-24)10-42-44(40,41)32-23(39)13-6-2-4-8-16(13)36;1-4-7(5-2)6-3/h1-9,11,17,19-20,24,36-38H,10,26H2,(H,32,39)(H2,27,29,30);4-6H2,1-3H3/t17-,19-,20-,24-;/m1./s1. The molecule has 19 nitrogen and oxygen atoms in total. The Morgan fingerprint density at radius 3 is 2.37 bits per heavy atom. The summed E-state index contributed by atoms with van der Waals surface area (Å²) in [4.78, 5) is 27.5. The molecule has 51 heavy (non-hydrogen) atoms. The van der Waals surface area contributed by atoms with E-state index in [-0.39, 0.29) is 28.5 Å². The van der Waals surface area contributed by atoms with Crippen LogP contribution in [0.25, 0.3) is 28.4 Å². The predicted molar refractivity (Wildman–Crippen MR) is 184 cm³/mol. The van der Waals surface area contributed by atoms with Gasteiger partial charge in [-0.1, -0.05) is 56.3 Å². The summed E-state index contributed by atoms with van der Waals surface area (Å²) in [6.45, 7) is 9.34. The van der Waals surface area contributed by atoms with Crippen LogP contribution in [0.2, 0.25) is 0 Å². The first-order valence-electron chi connectivity index (χ1n) is 15.9. The maximum atomic E-state index is 12.4. The van der Waals surface area contributed by atoms with Crippen molar-refractivity contribution in [2.24, 2.45) is 0 Å². The molecule has 1 amide bonds. The molecule has 1 fully saturated rings. The van der Waals surface area contributed by atoms with Crippen molar-refractivity contribution in [1.82, 2.24) is 44.1 Å². The number of hydrogen-bond donors (Lipinski definition) is 6. The molecule has 0 radical (unpaired) electrons. The number of benzene rings is 2. The number of amides is 1. The van der Waals surface area contributed by atoms with E-state index in [1.165, 1.54) is 59.5 Å². The molecule has 20 heteroatoms. The summed E-state index contributed by atoms with van der Waals surface area (Å²) in [7, 11) is -4.71. The number of nitrogens with zero attached hydrogens (tertiary/aromatic N) is 8. The molecule has 272 valence electrons. The maximum absolute atomic E-state index is 12.4. The number of rotatable bonds is 11. The third-order valence-electron chi connectivity index (χ3n) is 8.08. The highest BCUT2D eigenvalue weighted by molar-refractivity contribution is 7.85. The number of carbonyl (C=O) groups is 1. The van der Waals surface area contributed by atoms with Crippen molar-refractivity contribution in [2.45, 2.75) is 45.3 Å². The number of aliphatic hydroxyl groups is 2. The van der Waals surface area contributed by atoms with Crippen LogP contribution >= 0.6 is 0 Å². The minimum atomic E-state index is -4.71. The molecule has 3 aromatic heterocycles. The predicted octanol–water partition coefficient (Wildman–Crippen LogP) is 0.603. The summed E-state index contributed by atoms with van der Waals surface area (Å²) < 4.78 is 39.5. The lowest BCUT2D eigenvalue weighted by Gasteiger charge is -2.16. The fraction of sp³-hybridized carbons (Fsp3) is 0.355. The average Bonchev–Trinajstić information content (AvgIpc) is 3.84. The molecule has 2 aromatic carbocycles. The molecular weight excluding hydrogens is 686 g/mol. The first-order valence-corrected chi connectivity index (χ1v) is 17.3. The van der Waals surface area contributed by atoms with Crippen LogP contribution < -0.4 is 16.2 Å². The van der Waals surface area contributed by atoms with Gasteiger partial charge in [0.05, 0.1) is 24.7 Å². The number of nitrogens with two attached hydrogens (primary N) is 2. The van der Waals surface area contributed by atoms with Gasteiger partial charge in [0.15, 0.2) is 17.7 Å². The number of hydrogen-bond acceptors (Lipinski definition) is 16. The number of aromatic nitrogens is 7. The summed E-state index contributed by atoms with van der Waals surface area (Å²) >= 11 is 0. The zero-order valence-corrected chi connectivity index (χ0v) is 28.8. The van der Waals surface area contributed by atoms with Crippen molar-refractivity contribution in [3.05, 3.63) is 66.6 Å². The first-order chi connectivity index (χ1) is 24.4. The van der Waals surface area contributed by atoms with Crippen molar-refractivity contribution >= 4 is 38.9 Å². The molecule has 5 aromatic rings. The van der Waals surface area contributed by atoms with Crippen LogP contribution in [0.3, 0.4) is 0 Å². The number of para-hydroxylation sites is 2. The van der Waals surface area contributed by atoms with Gasteiger partial charge in [-0.05, 0) is 37.8 Å². The maximum Gasteiger partial charge on any atom is 0.362 e. The first kappa shape index (κ1) is 37.0. The highest BCUT2D eigenvalue weighted by Crippen LogP contribution is 2.33. The molecule has 8 N–H and O–H groups in total. The molecule has 0 saturated carbocycles. The van der Waals surface area contributed by atoms with Crippen molar-refractivity contribution in [3.8, 4) is 23.0 Å². The molecule has 0 aliphatic carbocycles. The Bertz CT molecular complexity index is 2080.